The monoisotopic (exact) mass is 455 g/mol. The van der Waals surface area contributed by atoms with Gasteiger partial charge in [-0.15, -0.1) is 0 Å². The van der Waals surface area contributed by atoms with Gasteiger partial charge in [0.25, 0.3) is 0 Å². The van der Waals surface area contributed by atoms with Crippen LogP contribution in [0.5, 0.6) is 11.5 Å². The molecule has 0 unspecified atom stereocenters. The van der Waals surface area contributed by atoms with Crippen LogP contribution < -0.4 is 9.47 Å². The number of imidazole rings is 1. The Morgan fingerprint density at radius 3 is 2.61 bits per heavy atom. The van der Waals surface area contributed by atoms with Crippen LogP contribution in [0.2, 0.25) is 5.15 Å². The second kappa shape index (κ2) is 8.37. The normalized spacial score (nSPS) is 14.0. The van der Waals surface area contributed by atoms with Gasteiger partial charge in [-0.25, -0.2) is 9.37 Å². The Balaban J connectivity index is 1.50. The van der Waals surface area contributed by atoms with Gasteiger partial charge in [0.05, 0.1) is 18.4 Å². The van der Waals surface area contributed by atoms with Crippen molar-refractivity contribution in [3.63, 3.8) is 0 Å². The summed E-state index contributed by atoms with van der Waals surface area (Å²) >= 11 is 6.24. The number of nitrogens with zero attached hydrogens (tertiary/aromatic N) is 2. The van der Waals surface area contributed by atoms with E-state index >= 15 is 0 Å². The van der Waals surface area contributed by atoms with E-state index in [1.54, 1.807) is 12.1 Å². The van der Waals surface area contributed by atoms with E-state index in [2.05, 4.69) is 15.0 Å². The number of nitrogens with one attached hydrogen (secondary N) is 1. The quantitative estimate of drug-likeness (QED) is 0.466. The Hall–Kier alpha value is -2.81. The third kappa shape index (κ3) is 4.92. The van der Waals surface area contributed by atoms with Gasteiger partial charge < -0.3 is 14.5 Å². The zero-order valence-electron chi connectivity index (χ0n) is 16.4. The Labute approximate surface area is 180 Å². The van der Waals surface area contributed by atoms with Crippen molar-refractivity contribution < 1.29 is 27.0 Å². The van der Waals surface area contributed by atoms with Crippen molar-refractivity contribution in [2.45, 2.75) is 38.0 Å². The number of hydrogen-bond acceptors (Lipinski definition) is 4. The molecular weight excluding hydrogens is 438 g/mol. The van der Waals surface area contributed by atoms with E-state index in [1.165, 1.54) is 7.11 Å². The van der Waals surface area contributed by atoms with Crippen molar-refractivity contribution in [1.29, 1.82) is 0 Å². The average molecular weight is 456 g/mol. The number of halogens is 5. The molecule has 31 heavy (non-hydrogen) atoms. The minimum Gasteiger partial charge on any atom is -0.493 e. The first kappa shape index (κ1) is 21.4. The molecule has 1 N–H and O–H groups in total. The summed E-state index contributed by atoms with van der Waals surface area (Å²) in [4.78, 5) is 11.2. The van der Waals surface area contributed by atoms with E-state index < -0.39 is 17.6 Å². The standard InChI is InChI=1S/C21H18ClF4N3O2/c1-30-17-5-2-11(6-15-19(22)29-20(28-15)12-3-4-12)7-18(17)31-10-16-14(23)8-13(9-27-16)21(24,25)26/h2,5,7-9,12H,3-4,6,10H2,1H3,(H,28,29). The Morgan fingerprint density at radius 1 is 1.19 bits per heavy atom. The highest BCUT2D eigenvalue weighted by Gasteiger charge is 2.32. The molecule has 0 atom stereocenters. The molecule has 1 saturated carbocycles. The van der Waals surface area contributed by atoms with Gasteiger partial charge in [-0.1, -0.05) is 17.7 Å². The molecule has 164 valence electrons. The largest absolute Gasteiger partial charge is 0.493 e. The van der Waals surface area contributed by atoms with Gasteiger partial charge in [-0.05, 0) is 36.6 Å². The van der Waals surface area contributed by atoms with E-state index in [9.17, 15) is 17.6 Å². The molecule has 0 spiro atoms. The molecule has 0 radical (unpaired) electrons. The van der Waals surface area contributed by atoms with Crippen LogP contribution in [0.15, 0.2) is 30.5 Å². The molecular formula is C21H18ClF4N3O2. The average Bonchev–Trinajstić information content (AvgIpc) is 3.51. The molecule has 0 aliphatic heterocycles. The number of pyridine rings is 1. The van der Waals surface area contributed by atoms with E-state index in [0.29, 0.717) is 41.3 Å². The molecule has 4 rings (SSSR count). The third-order valence-electron chi connectivity index (χ3n) is 4.93. The highest BCUT2D eigenvalue weighted by Crippen LogP contribution is 2.39. The summed E-state index contributed by atoms with van der Waals surface area (Å²) in [5, 5.41) is 0.413. The van der Waals surface area contributed by atoms with Crippen molar-refractivity contribution in [1.82, 2.24) is 15.0 Å². The van der Waals surface area contributed by atoms with Gasteiger partial charge >= 0.3 is 6.18 Å². The zero-order chi connectivity index (χ0) is 22.2. The van der Waals surface area contributed by atoms with Crippen LogP contribution in [0.25, 0.3) is 0 Å². The topological polar surface area (TPSA) is 60.0 Å². The molecule has 1 fully saturated rings. The first-order valence-electron chi connectivity index (χ1n) is 9.50. The highest BCUT2D eigenvalue weighted by molar-refractivity contribution is 6.30. The van der Waals surface area contributed by atoms with Crippen molar-refractivity contribution in [3.8, 4) is 11.5 Å². The van der Waals surface area contributed by atoms with Crippen LogP contribution in [0.3, 0.4) is 0 Å². The minimum atomic E-state index is -4.67. The molecule has 1 aromatic carbocycles. The second-order valence-electron chi connectivity index (χ2n) is 7.27. The van der Waals surface area contributed by atoms with Crippen LogP contribution in [0.1, 0.15) is 47.1 Å². The number of ether oxygens (including phenoxy) is 2. The van der Waals surface area contributed by atoms with Crippen LogP contribution in [-0.4, -0.2) is 22.1 Å². The van der Waals surface area contributed by atoms with Gasteiger partial charge in [-0.2, -0.15) is 13.2 Å². The van der Waals surface area contributed by atoms with Crippen molar-refractivity contribution in [2.75, 3.05) is 7.11 Å². The summed E-state index contributed by atoms with van der Waals surface area (Å²) in [6, 6.07) is 5.62. The summed E-state index contributed by atoms with van der Waals surface area (Å²) < 4.78 is 63.0. The van der Waals surface area contributed by atoms with Gasteiger partial charge in [0.15, 0.2) is 16.7 Å². The lowest BCUT2D eigenvalue weighted by atomic mass is 10.1. The van der Waals surface area contributed by atoms with Crippen LogP contribution in [0.4, 0.5) is 17.6 Å². The number of aromatic nitrogens is 3. The molecule has 0 bridgehead atoms. The molecule has 1 aliphatic rings. The molecule has 0 amide bonds. The first-order chi connectivity index (χ1) is 14.7. The van der Waals surface area contributed by atoms with Crippen LogP contribution in [0, 0.1) is 5.82 Å². The first-order valence-corrected chi connectivity index (χ1v) is 9.88. The lowest BCUT2D eigenvalue weighted by Crippen LogP contribution is -2.09. The maximum atomic E-state index is 14.0. The zero-order valence-corrected chi connectivity index (χ0v) is 17.1. The smallest absolute Gasteiger partial charge is 0.417 e. The maximum absolute atomic E-state index is 14.0. The Morgan fingerprint density at radius 2 is 1.97 bits per heavy atom. The Bertz CT molecular complexity index is 1100. The summed E-state index contributed by atoms with van der Waals surface area (Å²) in [6.45, 7) is -0.361. The van der Waals surface area contributed by atoms with E-state index in [1.807, 2.05) is 6.07 Å². The number of alkyl halides is 3. The molecule has 10 heteroatoms. The van der Waals surface area contributed by atoms with E-state index in [0.717, 1.165) is 29.9 Å². The lowest BCUT2D eigenvalue weighted by molar-refractivity contribution is -0.138. The van der Waals surface area contributed by atoms with E-state index in [-0.39, 0.29) is 12.3 Å². The van der Waals surface area contributed by atoms with Gasteiger partial charge in [0.2, 0.25) is 0 Å². The Kier molecular flexibility index (Phi) is 5.79. The fraction of sp³-hybridized carbons (Fsp3) is 0.333. The number of H-pyrrole nitrogens is 1. The minimum absolute atomic E-state index is 0.244. The summed E-state index contributed by atoms with van der Waals surface area (Å²) in [5.74, 6) is 0.923. The molecule has 2 heterocycles. The number of methoxy groups -OCH3 is 1. The summed E-state index contributed by atoms with van der Waals surface area (Å²) in [7, 11) is 1.45. The van der Waals surface area contributed by atoms with Crippen LogP contribution >= 0.6 is 11.6 Å². The van der Waals surface area contributed by atoms with Crippen molar-refractivity contribution >= 4 is 11.6 Å². The number of rotatable bonds is 7. The second-order valence-corrected chi connectivity index (χ2v) is 7.62. The van der Waals surface area contributed by atoms with Crippen LogP contribution in [-0.2, 0) is 19.2 Å². The highest BCUT2D eigenvalue weighted by atomic mass is 35.5. The van der Waals surface area contributed by atoms with Gasteiger partial charge in [0.1, 0.15) is 23.9 Å². The predicted molar refractivity (Wildman–Crippen MR) is 105 cm³/mol. The number of benzene rings is 1. The fourth-order valence-electron chi connectivity index (χ4n) is 3.10. The number of hydrogen-bond donors (Lipinski definition) is 1. The molecule has 0 saturated heterocycles. The summed E-state index contributed by atoms with van der Waals surface area (Å²) in [5.41, 5.74) is 0.209. The van der Waals surface area contributed by atoms with Crippen molar-refractivity contribution in [2.24, 2.45) is 0 Å². The lowest BCUT2D eigenvalue weighted by Gasteiger charge is -2.13. The molecule has 1 aliphatic carbocycles. The number of aromatic amines is 1. The predicted octanol–water partition coefficient (Wildman–Crippen LogP) is 5.67. The SMILES string of the molecule is COc1ccc(Cc2[nH]c(C3CC3)nc2Cl)cc1OCc1ncc(C(F)(F)F)cc1F. The summed E-state index contributed by atoms with van der Waals surface area (Å²) in [6.07, 6.45) is -1.44. The maximum Gasteiger partial charge on any atom is 0.417 e. The third-order valence-corrected chi connectivity index (χ3v) is 5.24. The fourth-order valence-corrected chi connectivity index (χ4v) is 3.30. The van der Waals surface area contributed by atoms with Gasteiger partial charge in [0, 0.05) is 18.5 Å². The molecule has 5 nitrogen and oxygen atoms in total. The van der Waals surface area contributed by atoms with E-state index in [4.69, 9.17) is 21.1 Å². The van der Waals surface area contributed by atoms with Gasteiger partial charge in [-0.3, -0.25) is 4.98 Å². The molecule has 3 aromatic rings. The van der Waals surface area contributed by atoms with Crippen molar-refractivity contribution in [3.05, 3.63) is 69.8 Å². The molecule has 2 aromatic heterocycles.